The third-order valence-electron chi connectivity index (χ3n) is 2.91. The van der Waals surface area contributed by atoms with E-state index in [0.29, 0.717) is 18.0 Å². The van der Waals surface area contributed by atoms with Crippen LogP contribution in [0.4, 0.5) is 0 Å². The van der Waals surface area contributed by atoms with Crippen molar-refractivity contribution in [2.45, 2.75) is 37.6 Å². The average molecular weight is 285 g/mol. The van der Waals surface area contributed by atoms with E-state index in [2.05, 4.69) is 6.92 Å². The molecule has 0 heterocycles. The Balaban J connectivity index is 2.42. The Kier molecular flexibility index (Phi) is 7.05. The molecule has 0 bridgehead atoms. The number of benzene rings is 1. The first-order chi connectivity index (χ1) is 9.10. The number of hydrogen-bond donors (Lipinski definition) is 1. The van der Waals surface area contributed by atoms with Crippen molar-refractivity contribution in [2.24, 2.45) is 5.73 Å². The van der Waals surface area contributed by atoms with Gasteiger partial charge in [0.1, 0.15) is 0 Å². The van der Waals surface area contributed by atoms with Crippen LogP contribution in [-0.4, -0.2) is 27.4 Å². The van der Waals surface area contributed by atoms with Crippen LogP contribution in [0.5, 0.6) is 0 Å². The van der Waals surface area contributed by atoms with Crippen LogP contribution in [0, 0.1) is 0 Å². The normalized spacial score (nSPS) is 11.7. The van der Waals surface area contributed by atoms with Gasteiger partial charge in [-0.15, -0.1) is 0 Å². The summed E-state index contributed by atoms with van der Waals surface area (Å²) in [5.74, 6) is 0.0289. The summed E-state index contributed by atoms with van der Waals surface area (Å²) >= 11 is 0. The van der Waals surface area contributed by atoms with E-state index in [0.717, 1.165) is 24.8 Å². The highest BCUT2D eigenvalue weighted by Crippen LogP contribution is 2.12. The molecule has 0 saturated carbocycles. The van der Waals surface area contributed by atoms with Gasteiger partial charge in [-0.05, 0) is 24.1 Å². The van der Waals surface area contributed by atoms with Gasteiger partial charge < -0.3 is 10.5 Å². The molecule has 0 aromatic heterocycles. The fourth-order valence-corrected chi connectivity index (χ4v) is 2.80. The molecule has 108 valence electrons. The molecule has 0 saturated heterocycles. The lowest BCUT2D eigenvalue weighted by Gasteiger charge is -2.06. The lowest BCUT2D eigenvalue weighted by atomic mass is 10.2. The summed E-state index contributed by atoms with van der Waals surface area (Å²) < 4.78 is 29.4. The average Bonchev–Trinajstić information content (AvgIpc) is 2.43. The molecular formula is C14H23NO3S. The van der Waals surface area contributed by atoms with E-state index in [-0.39, 0.29) is 12.4 Å². The van der Waals surface area contributed by atoms with E-state index in [1.165, 1.54) is 0 Å². The molecule has 2 N–H and O–H groups in total. The monoisotopic (exact) mass is 285 g/mol. The van der Waals surface area contributed by atoms with Crippen LogP contribution in [0.3, 0.4) is 0 Å². The van der Waals surface area contributed by atoms with Crippen molar-refractivity contribution < 1.29 is 13.2 Å². The summed E-state index contributed by atoms with van der Waals surface area (Å²) in [6, 6.07) is 6.70. The van der Waals surface area contributed by atoms with Gasteiger partial charge in [0, 0.05) is 13.2 Å². The Morgan fingerprint density at radius 1 is 1.11 bits per heavy atom. The minimum atomic E-state index is -3.24. The van der Waals surface area contributed by atoms with Gasteiger partial charge in [0.25, 0.3) is 0 Å². The zero-order valence-electron chi connectivity index (χ0n) is 11.5. The Morgan fingerprint density at radius 2 is 1.79 bits per heavy atom. The number of ether oxygens (including phenoxy) is 1. The van der Waals surface area contributed by atoms with E-state index in [1.54, 1.807) is 24.3 Å². The van der Waals surface area contributed by atoms with Gasteiger partial charge in [-0.3, -0.25) is 0 Å². The van der Waals surface area contributed by atoms with Gasteiger partial charge in [-0.1, -0.05) is 31.9 Å². The molecule has 19 heavy (non-hydrogen) atoms. The predicted octanol–water partition coefficient (Wildman–Crippen LogP) is 2.13. The van der Waals surface area contributed by atoms with Crippen LogP contribution in [0.25, 0.3) is 0 Å². The number of hydrogen-bond acceptors (Lipinski definition) is 4. The Hall–Kier alpha value is -0.910. The van der Waals surface area contributed by atoms with E-state index in [9.17, 15) is 8.42 Å². The van der Waals surface area contributed by atoms with Crippen LogP contribution in [0.15, 0.2) is 29.2 Å². The largest absolute Gasteiger partial charge is 0.380 e. The van der Waals surface area contributed by atoms with Crippen LogP contribution in [0.1, 0.15) is 31.7 Å². The molecule has 1 aromatic rings. The second-order valence-electron chi connectivity index (χ2n) is 4.49. The van der Waals surface area contributed by atoms with Crippen molar-refractivity contribution in [3.05, 3.63) is 29.8 Å². The standard InChI is InChI=1S/C14H23NO3S/c1-2-3-4-9-18-10-11-19(16,17)14-7-5-13(12-15)6-8-14/h5-8H,2-4,9-12,15H2,1H3. The van der Waals surface area contributed by atoms with Crippen molar-refractivity contribution in [2.75, 3.05) is 19.0 Å². The fourth-order valence-electron chi connectivity index (χ4n) is 1.68. The molecule has 0 radical (unpaired) electrons. The second kappa shape index (κ2) is 8.30. The Labute approximate surface area is 115 Å². The third-order valence-corrected chi connectivity index (χ3v) is 4.60. The molecule has 0 spiro atoms. The van der Waals surface area contributed by atoms with E-state index in [1.807, 2.05) is 0 Å². The van der Waals surface area contributed by atoms with Crippen molar-refractivity contribution in [1.29, 1.82) is 0 Å². The molecule has 0 atom stereocenters. The second-order valence-corrected chi connectivity index (χ2v) is 6.60. The molecule has 1 aromatic carbocycles. The number of rotatable bonds is 9. The van der Waals surface area contributed by atoms with Gasteiger partial charge in [0.15, 0.2) is 9.84 Å². The first kappa shape index (κ1) is 16.1. The lowest BCUT2D eigenvalue weighted by Crippen LogP contribution is -2.13. The summed E-state index contributed by atoms with van der Waals surface area (Å²) in [6.45, 7) is 3.43. The fraction of sp³-hybridized carbons (Fsp3) is 0.571. The third kappa shape index (κ3) is 5.72. The Bertz CT molecular complexity index is 454. The van der Waals surface area contributed by atoms with Crippen LogP contribution >= 0.6 is 0 Å². The van der Waals surface area contributed by atoms with Crippen LogP contribution < -0.4 is 5.73 Å². The van der Waals surface area contributed by atoms with Crippen molar-refractivity contribution >= 4 is 9.84 Å². The van der Waals surface area contributed by atoms with Crippen molar-refractivity contribution in [3.63, 3.8) is 0 Å². The summed E-state index contributed by atoms with van der Waals surface area (Å²) in [6.07, 6.45) is 3.24. The molecule has 0 aliphatic heterocycles. The summed E-state index contributed by atoms with van der Waals surface area (Å²) in [7, 11) is -3.24. The SMILES string of the molecule is CCCCCOCCS(=O)(=O)c1ccc(CN)cc1. The van der Waals surface area contributed by atoms with Crippen LogP contribution in [-0.2, 0) is 21.1 Å². The zero-order chi connectivity index (χ0) is 14.1. The van der Waals surface area contributed by atoms with Crippen molar-refractivity contribution in [1.82, 2.24) is 0 Å². The molecule has 0 fully saturated rings. The van der Waals surface area contributed by atoms with Crippen LogP contribution in [0.2, 0.25) is 0 Å². The van der Waals surface area contributed by atoms with Crippen molar-refractivity contribution in [3.8, 4) is 0 Å². The number of sulfone groups is 1. The molecule has 1 rings (SSSR count). The lowest BCUT2D eigenvalue weighted by molar-refractivity contribution is 0.144. The Morgan fingerprint density at radius 3 is 2.37 bits per heavy atom. The van der Waals surface area contributed by atoms with Gasteiger partial charge in [-0.2, -0.15) is 0 Å². The maximum absolute atomic E-state index is 12.0. The molecule has 0 aliphatic carbocycles. The number of unbranched alkanes of at least 4 members (excludes halogenated alkanes) is 2. The maximum Gasteiger partial charge on any atom is 0.180 e. The number of nitrogens with two attached hydrogens (primary N) is 1. The zero-order valence-corrected chi connectivity index (χ0v) is 12.3. The molecule has 4 nitrogen and oxygen atoms in total. The first-order valence-electron chi connectivity index (χ1n) is 6.69. The highest BCUT2D eigenvalue weighted by atomic mass is 32.2. The first-order valence-corrected chi connectivity index (χ1v) is 8.35. The predicted molar refractivity (Wildman–Crippen MR) is 76.7 cm³/mol. The highest BCUT2D eigenvalue weighted by molar-refractivity contribution is 7.91. The molecule has 0 unspecified atom stereocenters. The minimum absolute atomic E-state index is 0.0289. The van der Waals surface area contributed by atoms with Gasteiger partial charge in [0.2, 0.25) is 0 Å². The van der Waals surface area contributed by atoms with Gasteiger partial charge in [-0.25, -0.2) is 8.42 Å². The molecule has 5 heteroatoms. The topological polar surface area (TPSA) is 69.4 Å². The summed E-state index contributed by atoms with van der Waals surface area (Å²) in [5, 5.41) is 0. The summed E-state index contributed by atoms with van der Waals surface area (Å²) in [5.41, 5.74) is 6.40. The smallest absolute Gasteiger partial charge is 0.180 e. The maximum atomic E-state index is 12.0. The van der Waals surface area contributed by atoms with E-state index < -0.39 is 9.84 Å². The molecule has 0 amide bonds. The highest BCUT2D eigenvalue weighted by Gasteiger charge is 2.13. The van der Waals surface area contributed by atoms with Gasteiger partial charge in [0.05, 0.1) is 17.3 Å². The van der Waals surface area contributed by atoms with E-state index >= 15 is 0 Å². The minimum Gasteiger partial charge on any atom is -0.380 e. The van der Waals surface area contributed by atoms with E-state index in [4.69, 9.17) is 10.5 Å². The summed E-state index contributed by atoms with van der Waals surface area (Å²) in [4.78, 5) is 0.335. The van der Waals surface area contributed by atoms with Gasteiger partial charge >= 0.3 is 0 Å². The molecular weight excluding hydrogens is 262 g/mol. The quantitative estimate of drug-likeness (QED) is 0.706. The molecule has 0 aliphatic rings.